The summed E-state index contributed by atoms with van der Waals surface area (Å²) in [5, 5.41) is 5.53. The Bertz CT molecular complexity index is 441. The lowest BCUT2D eigenvalue weighted by atomic mass is 10.0. The first-order valence-electron chi connectivity index (χ1n) is 6.40. The monoisotopic (exact) mass is 263 g/mol. The van der Waals surface area contributed by atoms with Crippen LogP contribution in [0, 0.1) is 5.92 Å². The van der Waals surface area contributed by atoms with Crippen molar-refractivity contribution < 1.29 is 9.59 Å². The van der Waals surface area contributed by atoms with Crippen molar-refractivity contribution in [1.82, 2.24) is 0 Å². The normalized spacial score (nSPS) is 13.5. The number of hydrogen-bond donors (Lipinski definition) is 3. The molecule has 5 heteroatoms. The van der Waals surface area contributed by atoms with Crippen LogP contribution in [-0.4, -0.2) is 17.9 Å². The van der Waals surface area contributed by atoms with E-state index >= 15 is 0 Å². The van der Waals surface area contributed by atoms with Crippen molar-refractivity contribution in [2.45, 2.75) is 33.2 Å². The molecule has 0 aromatic heterocycles. The maximum Gasteiger partial charge on any atom is 0.228 e. The summed E-state index contributed by atoms with van der Waals surface area (Å²) in [5.41, 5.74) is 7.08. The van der Waals surface area contributed by atoms with E-state index in [4.69, 9.17) is 5.73 Å². The highest BCUT2D eigenvalue weighted by atomic mass is 16.2. The SMILES string of the molecule is CCC(=O)Nc1ccc(NC(=O)C(C)C(C)N)cc1. The van der Waals surface area contributed by atoms with E-state index in [-0.39, 0.29) is 23.8 Å². The lowest BCUT2D eigenvalue weighted by Crippen LogP contribution is -2.34. The number of rotatable bonds is 5. The summed E-state index contributed by atoms with van der Waals surface area (Å²) in [7, 11) is 0. The molecule has 0 saturated heterocycles. The molecule has 0 fully saturated rings. The predicted molar refractivity (Wildman–Crippen MR) is 76.8 cm³/mol. The van der Waals surface area contributed by atoms with Crippen molar-refractivity contribution in [3.8, 4) is 0 Å². The fourth-order valence-electron chi connectivity index (χ4n) is 1.38. The molecule has 4 N–H and O–H groups in total. The van der Waals surface area contributed by atoms with Crippen LogP contribution in [0.25, 0.3) is 0 Å². The Morgan fingerprint density at radius 2 is 1.58 bits per heavy atom. The molecule has 0 spiro atoms. The van der Waals surface area contributed by atoms with E-state index in [0.717, 1.165) is 0 Å². The molecule has 0 aliphatic carbocycles. The number of anilines is 2. The fraction of sp³-hybridized carbons (Fsp3) is 0.429. The Kier molecular flexibility index (Phi) is 5.51. The second kappa shape index (κ2) is 6.89. The average Bonchev–Trinajstić information content (AvgIpc) is 2.39. The van der Waals surface area contributed by atoms with Crippen LogP contribution in [0.1, 0.15) is 27.2 Å². The van der Waals surface area contributed by atoms with E-state index in [2.05, 4.69) is 10.6 Å². The first-order chi connectivity index (χ1) is 8.93. The van der Waals surface area contributed by atoms with Crippen molar-refractivity contribution in [2.75, 3.05) is 10.6 Å². The molecule has 1 rings (SSSR count). The molecule has 104 valence electrons. The third-order valence-corrected chi connectivity index (χ3v) is 2.96. The molecule has 2 unspecified atom stereocenters. The average molecular weight is 263 g/mol. The van der Waals surface area contributed by atoms with Gasteiger partial charge in [-0.05, 0) is 31.2 Å². The quantitative estimate of drug-likeness (QED) is 0.759. The molecular formula is C14H21N3O2. The maximum absolute atomic E-state index is 11.8. The van der Waals surface area contributed by atoms with Gasteiger partial charge in [0.25, 0.3) is 0 Å². The Morgan fingerprint density at radius 3 is 2.00 bits per heavy atom. The number of hydrogen-bond acceptors (Lipinski definition) is 3. The zero-order chi connectivity index (χ0) is 14.4. The van der Waals surface area contributed by atoms with Gasteiger partial charge in [-0.3, -0.25) is 9.59 Å². The number of nitrogens with one attached hydrogen (secondary N) is 2. The third-order valence-electron chi connectivity index (χ3n) is 2.96. The topological polar surface area (TPSA) is 84.2 Å². The molecule has 5 nitrogen and oxygen atoms in total. The standard InChI is InChI=1S/C14H21N3O2/c1-4-13(18)16-11-5-7-12(8-6-11)17-14(19)9(2)10(3)15/h5-10H,4,15H2,1-3H3,(H,16,18)(H,17,19). The summed E-state index contributed by atoms with van der Waals surface area (Å²) >= 11 is 0. The van der Waals surface area contributed by atoms with Crippen LogP contribution in [-0.2, 0) is 9.59 Å². The highest BCUT2D eigenvalue weighted by Crippen LogP contribution is 2.15. The first kappa shape index (κ1) is 15.2. The minimum atomic E-state index is -0.250. The lowest BCUT2D eigenvalue weighted by molar-refractivity contribution is -0.120. The van der Waals surface area contributed by atoms with Gasteiger partial charge >= 0.3 is 0 Å². The van der Waals surface area contributed by atoms with Crippen molar-refractivity contribution >= 4 is 23.2 Å². The Morgan fingerprint density at radius 1 is 1.11 bits per heavy atom. The van der Waals surface area contributed by atoms with E-state index in [9.17, 15) is 9.59 Å². The number of amides is 2. The molecule has 2 amide bonds. The van der Waals surface area contributed by atoms with Gasteiger partial charge in [0.05, 0.1) is 5.92 Å². The van der Waals surface area contributed by atoms with Crippen molar-refractivity contribution in [3.05, 3.63) is 24.3 Å². The second-order valence-corrected chi connectivity index (χ2v) is 4.62. The van der Waals surface area contributed by atoms with Crippen molar-refractivity contribution in [1.29, 1.82) is 0 Å². The van der Waals surface area contributed by atoms with Crippen LogP contribution in [0.5, 0.6) is 0 Å². The highest BCUT2D eigenvalue weighted by molar-refractivity contribution is 5.94. The van der Waals surface area contributed by atoms with E-state index in [1.165, 1.54) is 0 Å². The van der Waals surface area contributed by atoms with Gasteiger partial charge in [-0.25, -0.2) is 0 Å². The predicted octanol–water partition coefficient (Wildman–Crippen LogP) is 1.96. The summed E-state index contributed by atoms with van der Waals surface area (Å²) in [5.74, 6) is -0.401. The fourth-order valence-corrected chi connectivity index (χ4v) is 1.38. The van der Waals surface area contributed by atoms with Crippen LogP contribution in [0.2, 0.25) is 0 Å². The summed E-state index contributed by atoms with van der Waals surface area (Å²) in [6, 6.07) is 6.80. The number of nitrogens with two attached hydrogens (primary N) is 1. The lowest BCUT2D eigenvalue weighted by Gasteiger charge is -2.15. The molecule has 1 aromatic rings. The molecule has 0 heterocycles. The van der Waals surface area contributed by atoms with Crippen LogP contribution in [0.3, 0.4) is 0 Å². The van der Waals surface area contributed by atoms with E-state index < -0.39 is 0 Å². The summed E-state index contributed by atoms with van der Waals surface area (Å²) < 4.78 is 0. The van der Waals surface area contributed by atoms with Crippen LogP contribution in [0.4, 0.5) is 11.4 Å². The first-order valence-corrected chi connectivity index (χ1v) is 6.40. The van der Waals surface area contributed by atoms with Gasteiger partial charge in [0.1, 0.15) is 0 Å². The van der Waals surface area contributed by atoms with Gasteiger partial charge in [-0.1, -0.05) is 13.8 Å². The zero-order valence-corrected chi connectivity index (χ0v) is 11.6. The zero-order valence-electron chi connectivity index (χ0n) is 11.6. The molecule has 2 atom stereocenters. The highest BCUT2D eigenvalue weighted by Gasteiger charge is 2.16. The molecule has 0 saturated carbocycles. The molecule has 0 radical (unpaired) electrons. The van der Waals surface area contributed by atoms with Crippen LogP contribution < -0.4 is 16.4 Å². The largest absolute Gasteiger partial charge is 0.327 e. The number of carbonyl (C=O) groups excluding carboxylic acids is 2. The minimum absolute atomic E-state index is 0.0395. The van der Waals surface area contributed by atoms with Crippen molar-refractivity contribution in [3.63, 3.8) is 0 Å². The van der Waals surface area contributed by atoms with Gasteiger partial charge in [0, 0.05) is 23.8 Å². The smallest absolute Gasteiger partial charge is 0.228 e. The van der Waals surface area contributed by atoms with E-state index in [1.807, 2.05) is 0 Å². The van der Waals surface area contributed by atoms with Gasteiger partial charge in [-0.2, -0.15) is 0 Å². The second-order valence-electron chi connectivity index (χ2n) is 4.62. The Balaban J connectivity index is 2.62. The Labute approximate surface area is 113 Å². The molecule has 0 aliphatic rings. The minimum Gasteiger partial charge on any atom is -0.327 e. The molecular weight excluding hydrogens is 242 g/mol. The van der Waals surface area contributed by atoms with E-state index in [1.54, 1.807) is 45.0 Å². The van der Waals surface area contributed by atoms with Crippen molar-refractivity contribution in [2.24, 2.45) is 11.7 Å². The van der Waals surface area contributed by atoms with E-state index in [0.29, 0.717) is 17.8 Å². The summed E-state index contributed by atoms with van der Waals surface area (Å²) in [6.07, 6.45) is 0.435. The van der Waals surface area contributed by atoms with Crippen LogP contribution in [0.15, 0.2) is 24.3 Å². The Hall–Kier alpha value is -1.88. The molecule has 0 bridgehead atoms. The number of benzene rings is 1. The summed E-state index contributed by atoms with van der Waals surface area (Å²) in [6.45, 7) is 5.38. The van der Waals surface area contributed by atoms with Gasteiger partial charge in [-0.15, -0.1) is 0 Å². The molecule has 0 aliphatic heterocycles. The third kappa shape index (κ3) is 4.71. The maximum atomic E-state index is 11.8. The van der Waals surface area contributed by atoms with Gasteiger partial charge in [0.15, 0.2) is 0 Å². The summed E-state index contributed by atoms with van der Waals surface area (Å²) in [4.78, 5) is 23.0. The molecule has 1 aromatic carbocycles. The van der Waals surface area contributed by atoms with Gasteiger partial charge in [0.2, 0.25) is 11.8 Å². The van der Waals surface area contributed by atoms with Crippen LogP contribution >= 0.6 is 0 Å². The van der Waals surface area contributed by atoms with Gasteiger partial charge < -0.3 is 16.4 Å². The number of carbonyl (C=O) groups is 2. The molecule has 19 heavy (non-hydrogen) atoms.